The number of hydrogen-bond acceptors (Lipinski definition) is 7. The number of aromatic hydroxyl groups is 5. The molecule has 7 nitrogen and oxygen atoms in total. The van der Waals surface area contributed by atoms with Crippen molar-refractivity contribution in [2.24, 2.45) is 0 Å². The van der Waals surface area contributed by atoms with Gasteiger partial charge in [-0.25, -0.2) is 0 Å². The first-order valence-electron chi connectivity index (χ1n) is 10.1. The molecule has 1 heterocycles. The first kappa shape index (κ1) is 22.8. The molecular formula is C25H26O7. The standard InChI is InChI=1S/C25H26O7/c1-12(2)5-7-14-9-15(10-18(27)21(14)28)25-24(31)23(30)20-19(32-25)11-17(26)16(22(20)29)8-6-13(3)4/h5-6,9-11,26-29,31H,7-8H2,1-4H3. The van der Waals surface area contributed by atoms with E-state index in [1.807, 2.05) is 33.8 Å². The van der Waals surface area contributed by atoms with E-state index < -0.39 is 22.7 Å². The molecule has 0 atom stereocenters. The second kappa shape index (κ2) is 8.70. The lowest BCUT2D eigenvalue weighted by molar-refractivity contribution is 0.400. The number of rotatable bonds is 5. The van der Waals surface area contributed by atoms with Crippen molar-refractivity contribution >= 4 is 11.0 Å². The van der Waals surface area contributed by atoms with Gasteiger partial charge in [0.2, 0.25) is 11.2 Å². The number of hydrogen-bond donors (Lipinski definition) is 5. The zero-order chi connectivity index (χ0) is 23.7. The maximum Gasteiger partial charge on any atom is 0.238 e. The first-order valence-corrected chi connectivity index (χ1v) is 10.1. The molecule has 0 bridgehead atoms. The van der Waals surface area contributed by atoms with Crippen LogP contribution in [-0.4, -0.2) is 25.5 Å². The summed E-state index contributed by atoms with van der Waals surface area (Å²) < 4.78 is 5.68. The topological polar surface area (TPSA) is 131 Å². The van der Waals surface area contributed by atoms with Gasteiger partial charge in [-0.2, -0.15) is 0 Å². The summed E-state index contributed by atoms with van der Waals surface area (Å²) in [6, 6.07) is 3.85. The van der Waals surface area contributed by atoms with Crippen molar-refractivity contribution in [3.8, 4) is 40.1 Å². The minimum atomic E-state index is -0.879. The molecule has 0 aliphatic heterocycles. The predicted octanol–water partition coefficient (Wildman–Crippen LogP) is 5.01. The number of phenolic OH excluding ortho intramolecular Hbond substituents is 4. The van der Waals surface area contributed by atoms with Crippen molar-refractivity contribution in [1.82, 2.24) is 0 Å². The highest BCUT2D eigenvalue weighted by Crippen LogP contribution is 2.41. The molecule has 0 unspecified atom stereocenters. The Labute approximate surface area is 184 Å². The molecule has 0 saturated carbocycles. The fourth-order valence-electron chi connectivity index (χ4n) is 3.33. The number of allylic oxidation sites excluding steroid dienone is 4. The monoisotopic (exact) mass is 438 g/mol. The fourth-order valence-corrected chi connectivity index (χ4v) is 3.33. The molecular weight excluding hydrogens is 412 g/mol. The summed E-state index contributed by atoms with van der Waals surface area (Å²) in [7, 11) is 0. The van der Waals surface area contributed by atoms with Gasteiger partial charge in [-0.1, -0.05) is 23.3 Å². The molecule has 32 heavy (non-hydrogen) atoms. The normalized spacial score (nSPS) is 10.9. The molecule has 0 saturated heterocycles. The van der Waals surface area contributed by atoms with E-state index in [1.54, 1.807) is 6.08 Å². The first-order chi connectivity index (χ1) is 15.0. The van der Waals surface area contributed by atoms with E-state index in [1.165, 1.54) is 12.1 Å². The largest absolute Gasteiger partial charge is 0.507 e. The molecule has 2 aromatic carbocycles. The molecule has 168 valence electrons. The van der Waals surface area contributed by atoms with Gasteiger partial charge >= 0.3 is 0 Å². The molecule has 3 aromatic rings. The quantitative estimate of drug-likeness (QED) is 0.280. The van der Waals surface area contributed by atoms with E-state index in [0.29, 0.717) is 12.0 Å². The second-order valence-corrected chi connectivity index (χ2v) is 8.18. The zero-order valence-electron chi connectivity index (χ0n) is 18.4. The third-order valence-corrected chi connectivity index (χ3v) is 5.09. The van der Waals surface area contributed by atoms with Crippen LogP contribution >= 0.6 is 0 Å². The van der Waals surface area contributed by atoms with Crippen molar-refractivity contribution < 1.29 is 29.9 Å². The summed E-state index contributed by atoms with van der Waals surface area (Å²) in [5, 5.41) is 51.6. The van der Waals surface area contributed by atoms with Crippen molar-refractivity contribution in [3.63, 3.8) is 0 Å². The Bertz CT molecular complexity index is 1320. The van der Waals surface area contributed by atoms with Crippen molar-refractivity contribution in [3.05, 3.63) is 62.8 Å². The van der Waals surface area contributed by atoms with Gasteiger partial charge in [-0.05, 0) is 52.7 Å². The Morgan fingerprint density at radius 2 is 1.44 bits per heavy atom. The summed E-state index contributed by atoms with van der Waals surface area (Å²) in [6.45, 7) is 7.50. The predicted molar refractivity (Wildman–Crippen MR) is 123 cm³/mol. The molecule has 1 aromatic heterocycles. The summed E-state index contributed by atoms with van der Waals surface area (Å²) in [4.78, 5) is 12.9. The number of benzene rings is 2. The molecule has 5 N–H and O–H groups in total. The summed E-state index contributed by atoms with van der Waals surface area (Å²) in [5.74, 6) is -2.49. The van der Waals surface area contributed by atoms with Crippen LogP contribution < -0.4 is 5.43 Å². The molecule has 0 spiro atoms. The van der Waals surface area contributed by atoms with Crippen LogP contribution in [0.3, 0.4) is 0 Å². The maximum absolute atomic E-state index is 12.9. The SMILES string of the molecule is CC(C)=CCc1cc(-c2oc3cc(O)c(CC=C(C)C)c(O)c3c(=O)c2O)cc(O)c1O. The van der Waals surface area contributed by atoms with Crippen LogP contribution in [0.15, 0.2) is 50.7 Å². The van der Waals surface area contributed by atoms with Crippen LogP contribution in [0.5, 0.6) is 28.7 Å². The lowest BCUT2D eigenvalue weighted by Gasteiger charge is -2.13. The third kappa shape index (κ3) is 4.27. The highest BCUT2D eigenvalue weighted by atomic mass is 16.4. The van der Waals surface area contributed by atoms with E-state index in [9.17, 15) is 30.3 Å². The van der Waals surface area contributed by atoms with Gasteiger partial charge in [0.15, 0.2) is 17.3 Å². The van der Waals surface area contributed by atoms with E-state index in [-0.39, 0.29) is 45.8 Å². The van der Waals surface area contributed by atoms with E-state index >= 15 is 0 Å². The molecule has 7 heteroatoms. The van der Waals surface area contributed by atoms with Gasteiger partial charge in [0.05, 0.1) is 0 Å². The Morgan fingerprint density at radius 1 is 0.812 bits per heavy atom. The zero-order valence-corrected chi connectivity index (χ0v) is 18.4. The van der Waals surface area contributed by atoms with E-state index in [0.717, 1.165) is 17.2 Å². The van der Waals surface area contributed by atoms with E-state index in [4.69, 9.17) is 4.42 Å². The highest BCUT2D eigenvalue weighted by Gasteiger charge is 2.23. The molecule has 0 fully saturated rings. The molecule has 3 rings (SSSR count). The van der Waals surface area contributed by atoms with Gasteiger partial charge in [0.25, 0.3) is 0 Å². The Kier molecular flexibility index (Phi) is 6.20. The average Bonchev–Trinajstić information content (AvgIpc) is 2.70. The maximum atomic E-state index is 12.9. The molecule has 0 amide bonds. The lowest BCUT2D eigenvalue weighted by atomic mass is 10.0. The van der Waals surface area contributed by atoms with Crippen LogP contribution in [0, 0.1) is 0 Å². The highest BCUT2D eigenvalue weighted by molar-refractivity contribution is 5.90. The Morgan fingerprint density at radius 3 is 2.06 bits per heavy atom. The smallest absolute Gasteiger partial charge is 0.238 e. The van der Waals surface area contributed by atoms with Gasteiger partial charge in [-0.3, -0.25) is 4.79 Å². The minimum Gasteiger partial charge on any atom is -0.507 e. The lowest BCUT2D eigenvalue weighted by Crippen LogP contribution is -2.04. The van der Waals surface area contributed by atoms with Gasteiger partial charge < -0.3 is 29.9 Å². The number of phenols is 4. The van der Waals surface area contributed by atoms with Crippen LogP contribution in [0.4, 0.5) is 0 Å². The second-order valence-electron chi connectivity index (χ2n) is 8.18. The summed E-state index contributed by atoms with van der Waals surface area (Å²) >= 11 is 0. The summed E-state index contributed by atoms with van der Waals surface area (Å²) in [5.41, 5.74) is 1.62. The molecule has 0 aliphatic rings. The van der Waals surface area contributed by atoms with Crippen LogP contribution in [-0.2, 0) is 12.8 Å². The van der Waals surface area contributed by atoms with Crippen LogP contribution in [0.2, 0.25) is 0 Å². The Balaban J connectivity index is 2.25. The summed E-state index contributed by atoms with van der Waals surface area (Å²) in [6.07, 6.45) is 4.13. The van der Waals surface area contributed by atoms with Gasteiger partial charge in [0.1, 0.15) is 22.5 Å². The third-order valence-electron chi connectivity index (χ3n) is 5.09. The van der Waals surface area contributed by atoms with Crippen molar-refractivity contribution in [2.45, 2.75) is 40.5 Å². The Hall–Kier alpha value is -3.87. The van der Waals surface area contributed by atoms with Gasteiger partial charge in [0, 0.05) is 22.8 Å². The van der Waals surface area contributed by atoms with Crippen LogP contribution in [0.25, 0.3) is 22.3 Å². The minimum absolute atomic E-state index is 0.128. The van der Waals surface area contributed by atoms with Crippen molar-refractivity contribution in [1.29, 1.82) is 0 Å². The molecule has 0 radical (unpaired) electrons. The van der Waals surface area contributed by atoms with Gasteiger partial charge in [-0.15, -0.1) is 0 Å². The molecule has 0 aliphatic carbocycles. The van der Waals surface area contributed by atoms with E-state index in [2.05, 4.69) is 0 Å². The number of fused-ring (bicyclic) bond motifs is 1. The fraction of sp³-hybridized carbons (Fsp3) is 0.240. The van der Waals surface area contributed by atoms with Crippen molar-refractivity contribution in [2.75, 3.05) is 0 Å². The van der Waals surface area contributed by atoms with Crippen LogP contribution in [0.1, 0.15) is 38.8 Å². The average molecular weight is 438 g/mol.